The molecule has 2 N–H and O–H groups in total. The molecule has 0 aliphatic carbocycles. The van der Waals surface area contributed by atoms with Crippen LogP contribution in [-0.4, -0.2) is 22.8 Å². The first-order chi connectivity index (χ1) is 13.8. The monoisotopic (exact) mass is 413 g/mol. The highest BCUT2D eigenvalue weighted by Gasteiger charge is 2.18. The number of benzene rings is 3. The largest absolute Gasteiger partial charge is 0.481 e. The number of non-ortho nitro benzene ring substituents is 1. The van der Waals surface area contributed by atoms with Gasteiger partial charge < -0.3 is 4.74 Å². The third kappa shape index (κ3) is 4.80. The minimum atomic E-state index is -0.885. The van der Waals surface area contributed by atoms with Gasteiger partial charge >= 0.3 is 0 Å². The lowest BCUT2D eigenvalue weighted by atomic mass is 10.1. The van der Waals surface area contributed by atoms with E-state index in [1.807, 2.05) is 36.4 Å². The van der Waals surface area contributed by atoms with Crippen molar-refractivity contribution >= 4 is 39.9 Å². The molecule has 0 radical (unpaired) electrons. The molecule has 0 aliphatic rings. The molecular weight excluding hydrogens is 398 g/mol. The molecule has 0 heterocycles. The lowest BCUT2D eigenvalue weighted by Gasteiger charge is -2.15. The molecule has 3 rings (SSSR count). The second-order valence-corrected chi connectivity index (χ2v) is 6.54. The minimum absolute atomic E-state index is 0.0133. The van der Waals surface area contributed by atoms with E-state index >= 15 is 0 Å². The fraction of sp³-hybridized carbons (Fsp3) is 0.100. The van der Waals surface area contributed by atoms with Crippen LogP contribution in [0.25, 0.3) is 10.8 Å². The Morgan fingerprint density at radius 3 is 2.45 bits per heavy atom. The highest BCUT2D eigenvalue weighted by molar-refractivity contribution is 6.34. The zero-order valence-corrected chi connectivity index (χ0v) is 16.0. The molecule has 0 spiro atoms. The van der Waals surface area contributed by atoms with Crippen molar-refractivity contribution in [2.24, 2.45) is 0 Å². The topological polar surface area (TPSA) is 111 Å². The lowest BCUT2D eigenvalue weighted by molar-refractivity contribution is -0.384. The number of nitrogens with zero attached hydrogens (tertiary/aromatic N) is 1. The maximum atomic E-state index is 12.2. The van der Waals surface area contributed by atoms with E-state index in [0.29, 0.717) is 5.75 Å². The Balaban J connectivity index is 1.59. The van der Waals surface area contributed by atoms with Gasteiger partial charge in [-0.25, -0.2) is 0 Å². The van der Waals surface area contributed by atoms with Crippen LogP contribution in [0.4, 0.5) is 5.69 Å². The van der Waals surface area contributed by atoms with Crippen LogP contribution in [0.5, 0.6) is 5.75 Å². The Morgan fingerprint density at radius 2 is 1.76 bits per heavy atom. The van der Waals surface area contributed by atoms with Gasteiger partial charge in [0.1, 0.15) is 5.75 Å². The van der Waals surface area contributed by atoms with E-state index in [1.54, 1.807) is 6.07 Å². The van der Waals surface area contributed by atoms with Gasteiger partial charge in [-0.2, -0.15) is 0 Å². The summed E-state index contributed by atoms with van der Waals surface area (Å²) in [5, 5.41) is 12.6. The summed E-state index contributed by atoms with van der Waals surface area (Å²) in [6, 6.07) is 16.6. The van der Waals surface area contributed by atoms with Crippen molar-refractivity contribution in [1.82, 2.24) is 10.9 Å². The number of nitro benzene ring substituents is 1. The molecule has 8 nitrogen and oxygen atoms in total. The Labute approximate surface area is 170 Å². The van der Waals surface area contributed by atoms with Gasteiger partial charge in [-0.05, 0) is 35.9 Å². The molecule has 148 valence electrons. The molecule has 29 heavy (non-hydrogen) atoms. The molecule has 0 saturated carbocycles. The van der Waals surface area contributed by atoms with Crippen molar-refractivity contribution in [3.8, 4) is 5.75 Å². The summed E-state index contributed by atoms with van der Waals surface area (Å²) >= 11 is 5.90. The van der Waals surface area contributed by atoms with Crippen molar-refractivity contribution in [2.75, 3.05) is 0 Å². The average molecular weight is 414 g/mol. The van der Waals surface area contributed by atoms with E-state index < -0.39 is 22.8 Å². The highest BCUT2D eigenvalue weighted by Crippen LogP contribution is 2.23. The number of halogens is 1. The zero-order valence-electron chi connectivity index (χ0n) is 15.2. The molecule has 0 saturated heterocycles. The number of amides is 2. The Bertz CT molecular complexity index is 1100. The summed E-state index contributed by atoms with van der Waals surface area (Å²) < 4.78 is 5.62. The maximum absolute atomic E-state index is 12.2. The minimum Gasteiger partial charge on any atom is -0.481 e. The summed E-state index contributed by atoms with van der Waals surface area (Å²) in [5.74, 6) is -0.781. The van der Waals surface area contributed by atoms with E-state index in [9.17, 15) is 19.7 Å². The zero-order chi connectivity index (χ0) is 21.0. The van der Waals surface area contributed by atoms with Gasteiger partial charge in [-0.15, -0.1) is 0 Å². The predicted molar refractivity (Wildman–Crippen MR) is 108 cm³/mol. The van der Waals surface area contributed by atoms with Crippen molar-refractivity contribution in [3.63, 3.8) is 0 Å². The fourth-order valence-electron chi connectivity index (χ4n) is 2.59. The second-order valence-electron chi connectivity index (χ2n) is 6.13. The molecular formula is C20H16ClN3O5. The van der Waals surface area contributed by atoms with Crippen LogP contribution in [0.15, 0.2) is 60.7 Å². The van der Waals surface area contributed by atoms with E-state index in [-0.39, 0.29) is 16.3 Å². The van der Waals surface area contributed by atoms with Gasteiger partial charge in [0.15, 0.2) is 6.10 Å². The number of carbonyl (C=O) groups excluding carboxylic acids is 2. The van der Waals surface area contributed by atoms with Gasteiger partial charge in [0.2, 0.25) is 0 Å². The van der Waals surface area contributed by atoms with Crippen molar-refractivity contribution in [2.45, 2.75) is 13.0 Å². The summed E-state index contributed by atoms with van der Waals surface area (Å²) in [6.45, 7) is 1.54. The quantitative estimate of drug-likeness (QED) is 0.490. The van der Waals surface area contributed by atoms with Crippen molar-refractivity contribution in [3.05, 3.63) is 81.4 Å². The molecule has 3 aromatic carbocycles. The number of nitro groups is 1. The number of carbonyl (C=O) groups is 2. The van der Waals surface area contributed by atoms with Crippen LogP contribution in [0.1, 0.15) is 17.3 Å². The van der Waals surface area contributed by atoms with Crippen LogP contribution >= 0.6 is 11.6 Å². The fourth-order valence-corrected chi connectivity index (χ4v) is 2.85. The van der Waals surface area contributed by atoms with Gasteiger partial charge in [-0.1, -0.05) is 41.9 Å². The second kappa shape index (κ2) is 8.57. The summed E-state index contributed by atoms with van der Waals surface area (Å²) in [4.78, 5) is 34.5. The summed E-state index contributed by atoms with van der Waals surface area (Å²) in [6.07, 6.45) is -0.885. The number of hydrogen-bond acceptors (Lipinski definition) is 5. The Kier molecular flexibility index (Phi) is 5.94. The molecule has 0 aromatic heterocycles. The molecule has 9 heteroatoms. The van der Waals surface area contributed by atoms with Gasteiger partial charge in [-0.3, -0.25) is 30.6 Å². The lowest BCUT2D eigenvalue weighted by Crippen LogP contribution is -2.47. The third-order valence-corrected chi connectivity index (χ3v) is 4.42. The number of ether oxygens (including phenoxy) is 1. The highest BCUT2D eigenvalue weighted by atomic mass is 35.5. The first-order valence-corrected chi connectivity index (χ1v) is 8.92. The van der Waals surface area contributed by atoms with Crippen LogP contribution < -0.4 is 15.6 Å². The first-order valence-electron chi connectivity index (χ1n) is 8.55. The first kappa shape index (κ1) is 20.1. The third-order valence-electron chi connectivity index (χ3n) is 4.11. The standard InChI is InChI=1S/C20H16ClN3O5/c1-12(29-16-8-6-13-4-2-3-5-14(13)10-16)19(25)22-23-20(26)17-9-7-15(24(27)28)11-18(17)21/h2-12H,1H3,(H,22,25)(H,23,26)/t12-/m1/s1. The van der Waals surface area contributed by atoms with Crippen LogP contribution in [0.3, 0.4) is 0 Å². The number of rotatable bonds is 5. The molecule has 2 amide bonds. The number of nitrogens with one attached hydrogen (secondary N) is 2. The van der Waals surface area contributed by atoms with E-state index in [2.05, 4.69) is 10.9 Å². The van der Waals surface area contributed by atoms with E-state index in [0.717, 1.165) is 22.9 Å². The Hall–Kier alpha value is -3.65. The summed E-state index contributed by atoms with van der Waals surface area (Å²) in [5.41, 5.74) is 4.20. The van der Waals surface area contributed by atoms with Crippen molar-refractivity contribution in [1.29, 1.82) is 0 Å². The normalized spacial score (nSPS) is 11.5. The molecule has 0 aliphatic heterocycles. The molecule has 1 atom stereocenters. The molecule has 0 fully saturated rings. The van der Waals surface area contributed by atoms with Gasteiger partial charge in [0.25, 0.3) is 17.5 Å². The molecule has 3 aromatic rings. The van der Waals surface area contributed by atoms with Crippen molar-refractivity contribution < 1.29 is 19.2 Å². The van der Waals surface area contributed by atoms with Crippen LogP contribution in [-0.2, 0) is 4.79 Å². The molecule has 0 unspecified atom stereocenters. The number of hydrogen-bond donors (Lipinski definition) is 2. The number of fused-ring (bicyclic) bond motifs is 1. The van der Waals surface area contributed by atoms with E-state index in [4.69, 9.17) is 16.3 Å². The SMILES string of the molecule is C[C@@H](Oc1ccc2ccccc2c1)C(=O)NNC(=O)c1ccc([N+](=O)[O-])cc1Cl. The average Bonchev–Trinajstić information content (AvgIpc) is 2.71. The predicted octanol–water partition coefficient (Wildman–Crippen LogP) is 3.63. The van der Waals surface area contributed by atoms with Gasteiger partial charge in [0, 0.05) is 12.1 Å². The van der Waals surface area contributed by atoms with Crippen LogP contribution in [0.2, 0.25) is 5.02 Å². The summed E-state index contributed by atoms with van der Waals surface area (Å²) in [7, 11) is 0. The Morgan fingerprint density at radius 1 is 1.03 bits per heavy atom. The van der Waals surface area contributed by atoms with Gasteiger partial charge in [0.05, 0.1) is 15.5 Å². The smallest absolute Gasteiger partial charge is 0.279 e. The maximum Gasteiger partial charge on any atom is 0.279 e. The van der Waals surface area contributed by atoms with Crippen LogP contribution in [0, 0.1) is 10.1 Å². The number of hydrazine groups is 1. The molecule has 0 bridgehead atoms. The van der Waals surface area contributed by atoms with E-state index in [1.165, 1.54) is 13.0 Å².